The highest BCUT2D eigenvalue weighted by molar-refractivity contribution is 6.62. The average Bonchev–Trinajstić information content (AvgIpc) is 2.66. The molecule has 1 aromatic carbocycles. The highest BCUT2D eigenvalue weighted by Crippen LogP contribution is 2.13. The van der Waals surface area contributed by atoms with E-state index in [4.69, 9.17) is 9.31 Å². The maximum atomic E-state index is 5.77. The second-order valence-electron chi connectivity index (χ2n) is 4.87. The molecule has 1 aliphatic heterocycles. The van der Waals surface area contributed by atoms with Gasteiger partial charge in [-0.3, -0.25) is 0 Å². The smallest absolute Gasteiger partial charge is 0.407 e. The molecule has 0 bridgehead atoms. The van der Waals surface area contributed by atoms with Crippen LogP contribution in [0.5, 0.6) is 0 Å². The molecule has 2 rings (SSSR count). The first-order chi connectivity index (χ1) is 8.16. The molecule has 0 atom stereocenters. The fourth-order valence-corrected chi connectivity index (χ4v) is 2.05. The zero-order chi connectivity index (χ0) is 12.3. The van der Waals surface area contributed by atoms with Crippen molar-refractivity contribution in [1.29, 1.82) is 0 Å². The summed E-state index contributed by atoms with van der Waals surface area (Å²) in [6, 6.07) is 6.41. The van der Waals surface area contributed by atoms with E-state index in [-0.39, 0.29) is 7.12 Å². The lowest BCUT2D eigenvalue weighted by Gasteiger charge is -2.11. The Hall–Kier alpha value is -0.835. The number of hydrogen-bond donors (Lipinski definition) is 0. The highest BCUT2D eigenvalue weighted by atomic mass is 16.6. The van der Waals surface area contributed by atoms with E-state index >= 15 is 0 Å². The Kier molecular flexibility index (Phi) is 4.21. The first-order valence-corrected chi connectivity index (χ1v) is 6.14. The van der Waals surface area contributed by atoms with Crippen LogP contribution in [0.3, 0.4) is 0 Å². The quantitative estimate of drug-likeness (QED) is 0.563. The summed E-state index contributed by atoms with van der Waals surface area (Å²) in [6.07, 6.45) is 1.04. The van der Waals surface area contributed by atoms with Crippen LogP contribution in [-0.2, 0) is 15.9 Å². The number of hydrogen-bond acceptors (Lipinski definition) is 3. The van der Waals surface area contributed by atoms with Gasteiger partial charge in [0.25, 0.3) is 0 Å². The summed E-state index contributed by atoms with van der Waals surface area (Å²) in [5.74, 6) is 0. The molecule has 17 heavy (non-hydrogen) atoms. The van der Waals surface area contributed by atoms with Crippen LogP contribution in [-0.4, -0.2) is 39.3 Å². The standard InChI is InChI=1S/C13H20BNO2/c1-11-5-6-13-12(9-11)10-17-14(13)16-8-4-7-15(2)3/h5-6,9H,4,7-8,10H2,1-3H3. The van der Waals surface area contributed by atoms with Gasteiger partial charge in [-0.25, -0.2) is 0 Å². The summed E-state index contributed by atoms with van der Waals surface area (Å²) in [5.41, 5.74) is 3.74. The van der Waals surface area contributed by atoms with Crippen molar-refractivity contribution in [1.82, 2.24) is 4.90 Å². The fourth-order valence-electron chi connectivity index (χ4n) is 2.05. The molecule has 0 spiro atoms. The van der Waals surface area contributed by atoms with Crippen molar-refractivity contribution in [3.8, 4) is 0 Å². The third-order valence-electron chi connectivity index (χ3n) is 2.96. The minimum Gasteiger partial charge on any atom is -0.407 e. The third-order valence-corrected chi connectivity index (χ3v) is 2.96. The molecule has 0 unspecified atom stereocenters. The Morgan fingerprint density at radius 2 is 2.24 bits per heavy atom. The topological polar surface area (TPSA) is 21.7 Å². The SMILES string of the molecule is Cc1ccc2c(c1)COB2OCCCN(C)C. The highest BCUT2D eigenvalue weighted by Gasteiger charge is 2.30. The minimum atomic E-state index is -0.159. The molecular formula is C13H20BNO2. The largest absolute Gasteiger partial charge is 0.494 e. The van der Waals surface area contributed by atoms with Crippen LogP contribution in [0, 0.1) is 6.92 Å². The number of nitrogens with zero attached hydrogens (tertiary/aromatic N) is 1. The molecule has 0 saturated heterocycles. The molecule has 3 nitrogen and oxygen atoms in total. The second kappa shape index (κ2) is 5.67. The first-order valence-electron chi connectivity index (χ1n) is 6.14. The summed E-state index contributed by atoms with van der Waals surface area (Å²) in [6.45, 7) is 4.57. The molecule has 0 radical (unpaired) electrons. The van der Waals surface area contributed by atoms with Gasteiger partial charge in [0.2, 0.25) is 0 Å². The monoisotopic (exact) mass is 233 g/mol. The van der Waals surface area contributed by atoms with Gasteiger partial charge in [-0.05, 0) is 45.0 Å². The first kappa shape index (κ1) is 12.6. The van der Waals surface area contributed by atoms with Gasteiger partial charge in [0.15, 0.2) is 0 Å². The zero-order valence-corrected chi connectivity index (χ0v) is 10.9. The van der Waals surface area contributed by atoms with E-state index in [0.717, 1.165) is 19.6 Å². The van der Waals surface area contributed by atoms with Gasteiger partial charge >= 0.3 is 7.12 Å². The predicted molar refractivity (Wildman–Crippen MR) is 70.5 cm³/mol. The maximum Gasteiger partial charge on any atom is 0.494 e. The Morgan fingerprint density at radius 3 is 3.00 bits per heavy atom. The van der Waals surface area contributed by atoms with Gasteiger partial charge < -0.3 is 14.2 Å². The molecule has 0 aliphatic carbocycles. The number of fused-ring (bicyclic) bond motifs is 1. The van der Waals surface area contributed by atoms with Crippen LogP contribution in [0.25, 0.3) is 0 Å². The lowest BCUT2D eigenvalue weighted by atomic mass is 9.78. The molecule has 1 heterocycles. The fraction of sp³-hybridized carbons (Fsp3) is 0.538. The summed E-state index contributed by atoms with van der Waals surface area (Å²) in [5, 5.41) is 0. The maximum absolute atomic E-state index is 5.77. The van der Waals surface area contributed by atoms with Crippen LogP contribution in [0.15, 0.2) is 18.2 Å². The Morgan fingerprint density at radius 1 is 1.41 bits per heavy atom. The van der Waals surface area contributed by atoms with Crippen molar-refractivity contribution in [2.24, 2.45) is 0 Å². The van der Waals surface area contributed by atoms with Crippen LogP contribution in [0.4, 0.5) is 0 Å². The van der Waals surface area contributed by atoms with Gasteiger partial charge in [0, 0.05) is 6.61 Å². The van der Waals surface area contributed by atoms with Crippen LogP contribution < -0.4 is 5.46 Å². The molecule has 0 N–H and O–H groups in total. The zero-order valence-electron chi connectivity index (χ0n) is 10.9. The summed E-state index contributed by atoms with van der Waals surface area (Å²) >= 11 is 0. The molecule has 4 heteroatoms. The Labute approximate surface area is 104 Å². The summed E-state index contributed by atoms with van der Waals surface area (Å²) in [4.78, 5) is 2.16. The van der Waals surface area contributed by atoms with Crippen molar-refractivity contribution < 1.29 is 9.31 Å². The van der Waals surface area contributed by atoms with Crippen molar-refractivity contribution in [3.63, 3.8) is 0 Å². The van der Waals surface area contributed by atoms with E-state index in [1.165, 1.54) is 16.6 Å². The van der Waals surface area contributed by atoms with Crippen LogP contribution >= 0.6 is 0 Å². The van der Waals surface area contributed by atoms with Crippen molar-refractivity contribution in [3.05, 3.63) is 29.3 Å². The molecule has 0 aromatic heterocycles. The average molecular weight is 233 g/mol. The summed E-state index contributed by atoms with van der Waals surface area (Å²) in [7, 11) is 3.99. The molecule has 92 valence electrons. The lowest BCUT2D eigenvalue weighted by Crippen LogP contribution is -2.33. The van der Waals surface area contributed by atoms with E-state index < -0.39 is 0 Å². The Balaban J connectivity index is 1.85. The van der Waals surface area contributed by atoms with Gasteiger partial charge in [-0.1, -0.05) is 23.8 Å². The Bertz CT molecular complexity index is 382. The summed E-state index contributed by atoms with van der Waals surface area (Å²) < 4.78 is 11.4. The van der Waals surface area contributed by atoms with Crippen molar-refractivity contribution in [2.75, 3.05) is 27.2 Å². The molecule has 0 saturated carbocycles. The van der Waals surface area contributed by atoms with Gasteiger partial charge in [0.05, 0.1) is 6.61 Å². The number of rotatable bonds is 5. The van der Waals surface area contributed by atoms with Crippen LogP contribution in [0.1, 0.15) is 17.5 Å². The van der Waals surface area contributed by atoms with Crippen molar-refractivity contribution >= 4 is 12.6 Å². The van der Waals surface area contributed by atoms with E-state index in [9.17, 15) is 0 Å². The van der Waals surface area contributed by atoms with E-state index in [0.29, 0.717) is 6.61 Å². The van der Waals surface area contributed by atoms with Gasteiger partial charge in [-0.15, -0.1) is 0 Å². The minimum absolute atomic E-state index is 0.159. The molecule has 0 fully saturated rings. The van der Waals surface area contributed by atoms with Crippen molar-refractivity contribution in [2.45, 2.75) is 20.0 Å². The van der Waals surface area contributed by atoms with E-state index in [1.807, 2.05) is 0 Å². The lowest BCUT2D eigenvalue weighted by molar-refractivity contribution is 0.202. The molecular weight excluding hydrogens is 213 g/mol. The van der Waals surface area contributed by atoms with Gasteiger partial charge in [0.1, 0.15) is 0 Å². The van der Waals surface area contributed by atoms with Crippen LogP contribution in [0.2, 0.25) is 0 Å². The number of benzene rings is 1. The molecule has 1 aliphatic rings. The number of aryl methyl sites for hydroxylation is 1. The normalized spacial score (nSPS) is 14.5. The van der Waals surface area contributed by atoms with Gasteiger partial charge in [-0.2, -0.15) is 0 Å². The predicted octanol–water partition coefficient (Wildman–Crippen LogP) is 1.19. The van der Waals surface area contributed by atoms with E-state index in [1.54, 1.807) is 0 Å². The van der Waals surface area contributed by atoms with E-state index in [2.05, 4.69) is 44.1 Å². The molecule has 1 aromatic rings. The third kappa shape index (κ3) is 3.31. The molecule has 0 amide bonds. The second-order valence-corrected chi connectivity index (χ2v) is 4.87.